The van der Waals surface area contributed by atoms with Crippen LogP contribution in [0.2, 0.25) is 0 Å². The third-order valence-corrected chi connectivity index (χ3v) is 6.70. The number of nitrogens with zero attached hydrogens (tertiary/aromatic N) is 2. The summed E-state index contributed by atoms with van der Waals surface area (Å²) in [5.41, 5.74) is 8.70. The highest BCUT2D eigenvalue weighted by molar-refractivity contribution is 6.08. The van der Waals surface area contributed by atoms with Crippen LogP contribution in [-0.2, 0) is 5.41 Å². The van der Waals surface area contributed by atoms with Crippen molar-refractivity contribution in [3.8, 4) is 0 Å². The first-order valence-electron chi connectivity index (χ1n) is 11.8. The van der Waals surface area contributed by atoms with Gasteiger partial charge < -0.3 is 0 Å². The average Bonchev–Trinajstić information content (AvgIpc) is 3.03. The molecule has 0 fully saturated rings. The van der Waals surface area contributed by atoms with Crippen molar-refractivity contribution >= 4 is 22.8 Å². The predicted molar refractivity (Wildman–Crippen MR) is 146 cm³/mol. The maximum absolute atomic E-state index is 4.93. The largest absolute Gasteiger partial charge is 0.238 e. The summed E-state index contributed by atoms with van der Waals surface area (Å²) in [5, 5.41) is 0. The molecule has 0 aromatic heterocycles. The van der Waals surface area contributed by atoms with E-state index in [0.717, 1.165) is 23.3 Å². The third kappa shape index (κ3) is 4.90. The lowest BCUT2D eigenvalue weighted by Gasteiger charge is -2.23. The average molecular weight is 437 g/mol. The molecule has 0 amide bonds. The first-order chi connectivity index (χ1) is 15.7. The summed E-state index contributed by atoms with van der Waals surface area (Å²) in [6, 6.07) is 16.7. The van der Waals surface area contributed by atoms with Gasteiger partial charge in [0.1, 0.15) is 0 Å². The molecule has 0 radical (unpaired) electrons. The van der Waals surface area contributed by atoms with Gasteiger partial charge in [0.15, 0.2) is 5.84 Å². The molecule has 2 aromatic rings. The fourth-order valence-corrected chi connectivity index (χ4v) is 4.32. The zero-order chi connectivity index (χ0) is 24.2. The maximum atomic E-state index is 4.93. The highest BCUT2D eigenvalue weighted by Gasteiger charge is 2.35. The summed E-state index contributed by atoms with van der Waals surface area (Å²) >= 11 is 0. The van der Waals surface area contributed by atoms with Gasteiger partial charge in [0.2, 0.25) is 0 Å². The summed E-state index contributed by atoms with van der Waals surface area (Å²) in [5.74, 6) is 1.11. The van der Waals surface area contributed by atoms with E-state index in [0.29, 0.717) is 17.5 Å². The normalized spacial score (nSPS) is 16.8. The fourth-order valence-electron chi connectivity index (χ4n) is 4.32. The van der Waals surface area contributed by atoms with E-state index in [9.17, 15) is 0 Å². The molecule has 3 rings (SSSR count). The van der Waals surface area contributed by atoms with Crippen LogP contribution >= 0.6 is 0 Å². The van der Waals surface area contributed by atoms with Crippen LogP contribution in [0, 0.1) is 5.92 Å². The number of benzene rings is 2. The van der Waals surface area contributed by atoms with Crippen molar-refractivity contribution < 1.29 is 0 Å². The number of aliphatic imine (C=N–C) groups is 2. The molecule has 33 heavy (non-hydrogen) atoms. The number of rotatable bonds is 7. The molecule has 1 atom stereocenters. The minimum absolute atomic E-state index is 0.126. The van der Waals surface area contributed by atoms with Crippen LogP contribution in [0.4, 0.5) is 0 Å². The summed E-state index contributed by atoms with van der Waals surface area (Å²) in [6.07, 6.45) is 7.30. The second-order valence-electron chi connectivity index (χ2n) is 9.23. The Morgan fingerprint density at radius 3 is 2.36 bits per heavy atom. The quantitative estimate of drug-likeness (QED) is 0.307. The van der Waals surface area contributed by atoms with Gasteiger partial charge in [-0.25, -0.2) is 9.98 Å². The van der Waals surface area contributed by atoms with Gasteiger partial charge in [0.05, 0.1) is 5.70 Å². The minimum Gasteiger partial charge on any atom is -0.238 e. The Balaban J connectivity index is 2.07. The number of hydrogen-bond donors (Lipinski definition) is 0. The molecular weight excluding hydrogens is 400 g/mol. The van der Waals surface area contributed by atoms with E-state index in [4.69, 9.17) is 9.98 Å². The Bertz CT molecular complexity index is 1170. The standard InChI is InChI=1S/C31H36N2/c1-9-15-26-27-19-18-25(20-29(27)31(7,8)28(26)11-3)23(6)33-30(24-16-13-12-14-17-24)32-22(5)21(4)10-2/h9,11-21H,3,6,10H2,1-2,4-5,7-8H3/b15-9-,32-22?,33-30?. The van der Waals surface area contributed by atoms with Crippen molar-refractivity contribution in [2.45, 2.75) is 53.4 Å². The van der Waals surface area contributed by atoms with Crippen LogP contribution < -0.4 is 0 Å². The molecule has 2 aromatic carbocycles. The van der Waals surface area contributed by atoms with Crippen LogP contribution in [0.5, 0.6) is 0 Å². The molecule has 1 unspecified atom stereocenters. The lowest BCUT2D eigenvalue weighted by Crippen LogP contribution is -2.16. The summed E-state index contributed by atoms with van der Waals surface area (Å²) < 4.78 is 0. The van der Waals surface area contributed by atoms with Crippen molar-refractivity contribution in [1.82, 2.24) is 0 Å². The van der Waals surface area contributed by atoms with Gasteiger partial charge in [-0.05, 0) is 60.1 Å². The van der Waals surface area contributed by atoms with Crippen LogP contribution in [0.3, 0.4) is 0 Å². The molecule has 0 spiro atoms. The molecule has 0 heterocycles. The molecule has 0 aliphatic heterocycles. The molecule has 2 nitrogen and oxygen atoms in total. The molecule has 1 aliphatic carbocycles. The van der Waals surface area contributed by atoms with Crippen LogP contribution in [0.1, 0.15) is 70.2 Å². The number of fused-ring (bicyclic) bond motifs is 1. The van der Waals surface area contributed by atoms with Gasteiger partial charge in [0, 0.05) is 16.7 Å². The lowest BCUT2D eigenvalue weighted by atomic mass is 9.80. The Kier molecular flexibility index (Phi) is 7.48. The second-order valence-corrected chi connectivity index (χ2v) is 9.23. The predicted octanol–water partition coefficient (Wildman–Crippen LogP) is 8.42. The Hall–Kier alpha value is -3.26. The summed E-state index contributed by atoms with van der Waals surface area (Å²) in [6.45, 7) is 21.4. The SMILES string of the molecule is C=CC1=C(/C=C\C)c2ccc(C(=C)N=C(N=C(C)C(C)CC)c3ccccc3)cc2C1(C)C. The van der Waals surface area contributed by atoms with Gasteiger partial charge >= 0.3 is 0 Å². The number of allylic oxidation sites excluding steroid dienone is 5. The van der Waals surface area contributed by atoms with Crippen molar-refractivity contribution in [1.29, 1.82) is 0 Å². The Morgan fingerprint density at radius 1 is 1.06 bits per heavy atom. The molecule has 170 valence electrons. The lowest BCUT2D eigenvalue weighted by molar-refractivity contribution is 0.654. The highest BCUT2D eigenvalue weighted by atomic mass is 14.9. The molecule has 0 saturated heterocycles. The molecule has 0 N–H and O–H groups in total. The molecule has 1 aliphatic rings. The molecule has 0 saturated carbocycles. The summed E-state index contributed by atoms with van der Waals surface area (Å²) in [4.78, 5) is 9.85. The fraction of sp³-hybridized carbons (Fsp3) is 0.290. The van der Waals surface area contributed by atoms with E-state index in [1.54, 1.807) is 0 Å². The van der Waals surface area contributed by atoms with E-state index >= 15 is 0 Å². The minimum atomic E-state index is -0.126. The van der Waals surface area contributed by atoms with Gasteiger partial charge in [-0.15, -0.1) is 0 Å². The van der Waals surface area contributed by atoms with Crippen LogP contribution in [0.15, 0.2) is 95.5 Å². The van der Waals surface area contributed by atoms with Crippen molar-refractivity contribution in [3.63, 3.8) is 0 Å². The monoisotopic (exact) mass is 436 g/mol. The van der Waals surface area contributed by atoms with Gasteiger partial charge in [-0.1, -0.05) is 102 Å². The van der Waals surface area contributed by atoms with Crippen molar-refractivity contribution in [3.05, 3.63) is 108 Å². The van der Waals surface area contributed by atoms with Gasteiger partial charge in [-0.3, -0.25) is 0 Å². The first kappa shape index (κ1) is 24.4. The van der Waals surface area contributed by atoms with Crippen molar-refractivity contribution in [2.75, 3.05) is 0 Å². The van der Waals surface area contributed by atoms with Crippen molar-refractivity contribution in [2.24, 2.45) is 15.9 Å². The Labute approximate surface area is 199 Å². The zero-order valence-corrected chi connectivity index (χ0v) is 20.9. The van der Waals surface area contributed by atoms with E-state index < -0.39 is 0 Å². The Morgan fingerprint density at radius 2 is 1.76 bits per heavy atom. The van der Waals surface area contributed by atoms with Crippen LogP contribution in [0.25, 0.3) is 11.3 Å². The molecule has 0 bridgehead atoms. The van der Waals surface area contributed by atoms with Gasteiger partial charge in [0.25, 0.3) is 0 Å². The smallest absolute Gasteiger partial charge is 0.159 e. The second kappa shape index (κ2) is 10.1. The number of amidine groups is 1. The first-order valence-corrected chi connectivity index (χ1v) is 11.8. The summed E-state index contributed by atoms with van der Waals surface area (Å²) in [7, 11) is 0. The molecule has 2 heteroatoms. The topological polar surface area (TPSA) is 24.7 Å². The van der Waals surface area contributed by atoms with E-state index in [-0.39, 0.29) is 5.41 Å². The van der Waals surface area contributed by atoms with E-state index in [1.165, 1.54) is 22.3 Å². The number of hydrogen-bond acceptors (Lipinski definition) is 1. The maximum Gasteiger partial charge on any atom is 0.159 e. The van der Waals surface area contributed by atoms with Crippen LogP contribution in [-0.4, -0.2) is 11.5 Å². The third-order valence-electron chi connectivity index (χ3n) is 6.70. The van der Waals surface area contributed by atoms with E-state index in [2.05, 4.69) is 97.2 Å². The van der Waals surface area contributed by atoms with Gasteiger partial charge in [-0.2, -0.15) is 0 Å². The highest BCUT2D eigenvalue weighted by Crippen LogP contribution is 2.47. The molecular formula is C31H36N2. The van der Waals surface area contributed by atoms with E-state index in [1.807, 2.05) is 24.3 Å². The zero-order valence-electron chi connectivity index (χ0n) is 20.9.